The van der Waals surface area contributed by atoms with Gasteiger partial charge in [0.1, 0.15) is 5.82 Å². The maximum absolute atomic E-state index is 13.8. The van der Waals surface area contributed by atoms with Crippen molar-refractivity contribution in [2.24, 2.45) is 0 Å². The first-order valence-electron chi connectivity index (χ1n) is 8.82. The van der Waals surface area contributed by atoms with E-state index in [0.29, 0.717) is 22.9 Å². The smallest absolute Gasteiger partial charge is 0.325 e. The number of methoxy groups -OCH3 is 2. The van der Waals surface area contributed by atoms with E-state index in [-0.39, 0.29) is 23.0 Å². The first kappa shape index (κ1) is 21.8. The van der Waals surface area contributed by atoms with E-state index in [1.54, 1.807) is 18.2 Å². The SMILES string of the molecule is COc1cccc(Oc2ccc(F)cc2NC(=O)Nc2nc(CC(=O)O)cs2)c1OC. The summed E-state index contributed by atoms with van der Waals surface area (Å²) in [7, 11) is 2.94. The van der Waals surface area contributed by atoms with Crippen LogP contribution in [0.4, 0.5) is 20.0 Å². The Morgan fingerprint density at radius 3 is 2.58 bits per heavy atom. The van der Waals surface area contributed by atoms with Gasteiger partial charge >= 0.3 is 12.0 Å². The minimum Gasteiger partial charge on any atom is -0.493 e. The van der Waals surface area contributed by atoms with Gasteiger partial charge in [0.05, 0.1) is 32.0 Å². The number of aromatic nitrogens is 1. The van der Waals surface area contributed by atoms with Crippen molar-refractivity contribution in [3.63, 3.8) is 0 Å². The van der Waals surface area contributed by atoms with E-state index >= 15 is 0 Å². The summed E-state index contributed by atoms with van der Waals surface area (Å²) in [5.41, 5.74) is 0.373. The minimum atomic E-state index is -1.03. The number of amides is 2. The number of urea groups is 1. The van der Waals surface area contributed by atoms with Crippen LogP contribution in [-0.2, 0) is 11.2 Å². The second kappa shape index (κ2) is 9.76. The molecular weight excluding hydrogens is 429 g/mol. The van der Waals surface area contributed by atoms with Gasteiger partial charge in [-0.2, -0.15) is 0 Å². The summed E-state index contributed by atoms with van der Waals surface area (Å²) in [4.78, 5) is 27.1. The zero-order valence-electron chi connectivity index (χ0n) is 16.5. The van der Waals surface area contributed by atoms with Crippen LogP contribution in [0.15, 0.2) is 41.8 Å². The Bertz CT molecular complexity index is 1100. The Kier molecular flexibility index (Phi) is 6.88. The molecule has 0 aliphatic carbocycles. The van der Waals surface area contributed by atoms with Crippen LogP contribution >= 0.6 is 11.3 Å². The summed E-state index contributed by atoms with van der Waals surface area (Å²) in [6.45, 7) is 0. The lowest BCUT2D eigenvalue weighted by molar-refractivity contribution is -0.136. The number of benzene rings is 2. The highest BCUT2D eigenvalue weighted by atomic mass is 32.1. The lowest BCUT2D eigenvalue weighted by Gasteiger charge is -2.16. The summed E-state index contributed by atoms with van der Waals surface area (Å²) >= 11 is 1.07. The molecule has 0 aliphatic rings. The van der Waals surface area contributed by atoms with Crippen LogP contribution in [0.5, 0.6) is 23.0 Å². The predicted octanol–water partition coefficient (Wildman–Crippen LogP) is 4.36. The Morgan fingerprint density at radius 2 is 1.87 bits per heavy atom. The molecule has 0 saturated heterocycles. The topological polar surface area (TPSA) is 119 Å². The Balaban J connectivity index is 1.78. The van der Waals surface area contributed by atoms with E-state index in [1.807, 2.05) is 0 Å². The van der Waals surface area contributed by atoms with Crippen molar-refractivity contribution in [3.8, 4) is 23.0 Å². The summed E-state index contributed by atoms with van der Waals surface area (Å²) in [6.07, 6.45) is -0.260. The number of hydrogen-bond acceptors (Lipinski definition) is 7. The summed E-state index contributed by atoms with van der Waals surface area (Å²) in [6, 6.07) is 7.95. The van der Waals surface area contributed by atoms with E-state index in [9.17, 15) is 14.0 Å². The van der Waals surface area contributed by atoms with Crippen LogP contribution in [0.25, 0.3) is 0 Å². The van der Waals surface area contributed by atoms with Crippen molar-refractivity contribution < 1.29 is 33.3 Å². The number of rotatable bonds is 8. The fourth-order valence-electron chi connectivity index (χ4n) is 2.60. The third kappa shape index (κ3) is 5.60. The Hall–Kier alpha value is -3.86. The first-order chi connectivity index (χ1) is 14.9. The highest BCUT2D eigenvalue weighted by Gasteiger charge is 2.16. The molecule has 0 saturated carbocycles. The molecule has 0 fully saturated rings. The molecule has 2 aromatic carbocycles. The standard InChI is InChI=1S/C20H18FN3O6S/c1-28-15-4-3-5-16(18(15)29-2)30-14-7-6-11(21)8-13(14)23-19(27)24-20-22-12(10-31-20)9-17(25)26/h3-8,10H,9H2,1-2H3,(H,25,26)(H2,22,23,24,27). The number of nitrogens with zero attached hydrogens (tertiary/aromatic N) is 1. The molecule has 1 aromatic heterocycles. The zero-order chi connectivity index (χ0) is 22.4. The molecule has 0 bridgehead atoms. The minimum absolute atomic E-state index is 0.0599. The summed E-state index contributed by atoms with van der Waals surface area (Å²) in [5, 5.41) is 15.5. The van der Waals surface area contributed by atoms with Crippen LogP contribution in [0.1, 0.15) is 5.69 Å². The van der Waals surface area contributed by atoms with E-state index in [0.717, 1.165) is 17.4 Å². The molecule has 0 aliphatic heterocycles. The highest BCUT2D eigenvalue weighted by molar-refractivity contribution is 7.14. The van der Waals surface area contributed by atoms with Gasteiger partial charge in [0, 0.05) is 11.4 Å². The van der Waals surface area contributed by atoms with Crippen molar-refractivity contribution >= 4 is 34.2 Å². The van der Waals surface area contributed by atoms with Crippen LogP contribution in [0.2, 0.25) is 0 Å². The number of aliphatic carboxylic acids is 1. The van der Waals surface area contributed by atoms with Gasteiger partial charge in [-0.1, -0.05) is 6.07 Å². The lowest BCUT2D eigenvalue weighted by atomic mass is 10.2. The van der Waals surface area contributed by atoms with Crippen molar-refractivity contribution in [3.05, 3.63) is 53.3 Å². The second-order valence-corrected chi connectivity index (χ2v) is 6.89. The molecule has 1 heterocycles. The number of halogens is 1. The van der Waals surface area contributed by atoms with Crippen molar-refractivity contribution in [1.82, 2.24) is 4.98 Å². The number of anilines is 2. The molecule has 3 rings (SSSR count). The lowest BCUT2D eigenvalue weighted by Crippen LogP contribution is -2.20. The van der Waals surface area contributed by atoms with Gasteiger partial charge in [0.2, 0.25) is 5.75 Å². The molecular formula is C20H18FN3O6S. The Morgan fingerprint density at radius 1 is 1.10 bits per heavy atom. The molecule has 0 atom stereocenters. The third-order valence-electron chi connectivity index (χ3n) is 3.88. The molecule has 2 amide bonds. The van der Waals surface area contributed by atoms with Crippen molar-refractivity contribution in [2.45, 2.75) is 6.42 Å². The largest absolute Gasteiger partial charge is 0.493 e. The van der Waals surface area contributed by atoms with E-state index in [4.69, 9.17) is 19.3 Å². The van der Waals surface area contributed by atoms with Gasteiger partial charge in [0.15, 0.2) is 22.4 Å². The van der Waals surface area contributed by atoms with Crippen LogP contribution in [-0.4, -0.2) is 36.3 Å². The molecule has 0 radical (unpaired) electrons. The molecule has 0 spiro atoms. The molecule has 3 aromatic rings. The highest BCUT2D eigenvalue weighted by Crippen LogP contribution is 2.41. The molecule has 162 valence electrons. The number of ether oxygens (including phenoxy) is 3. The third-order valence-corrected chi connectivity index (χ3v) is 4.69. The Labute approximate surface area is 180 Å². The fourth-order valence-corrected chi connectivity index (χ4v) is 3.30. The van der Waals surface area contributed by atoms with Crippen molar-refractivity contribution in [2.75, 3.05) is 24.9 Å². The van der Waals surface area contributed by atoms with E-state index < -0.39 is 17.8 Å². The number of carbonyl (C=O) groups is 2. The van der Waals surface area contributed by atoms with Gasteiger partial charge in [-0.05, 0) is 24.3 Å². The maximum atomic E-state index is 13.8. The average Bonchev–Trinajstić information content (AvgIpc) is 3.15. The number of carboxylic acid groups (broad SMARTS) is 1. The van der Waals surface area contributed by atoms with Gasteiger partial charge in [-0.3, -0.25) is 10.1 Å². The number of thiazole rings is 1. The van der Waals surface area contributed by atoms with Crippen LogP contribution < -0.4 is 24.8 Å². The number of nitrogens with one attached hydrogen (secondary N) is 2. The van der Waals surface area contributed by atoms with Gasteiger partial charge < -0.3 is 24.6 Å². The van der Waals surface area contributed by atoms with Crippen LogP contribution in [0, 0.1) is 5.82 Å². The normalized spacial score (nSPS) is 10.3. The number of hydrogen-bond donors (Lipinski definition) is 3. The monoisotopic (exact) mass is 447 g/mol. The zero-order valence-corrected chi connectivity index (χ0v) is 17.3. The average molecular weight is 447 g/mol. The number of para-hydroxylation sites is 1. The second-order valence-electron chi connectivity index (χ2n) is 6.03. The molecule has 3 N–H and O–H groups in total. The van der Waals surface area contributed by atoms with E-state index in [2.05, 4.69) is 15.6 Å². The maximum Gasteiger partial charge on any atom is 0.325 e. The van der Waals surface area contributed by atoms with Gasteiger partial charge in [-0.25, -0.2) is 14.2 Å². The van der Waals surface area contributed by atoms with Gasteiger partial charge in [0.25, 0.3) is 0 Å². The van der Waals surface area contributed by atoms with Crippen LogP contribution in [0.3, 0.4) is 0 Å². The fraction of sp³-hybridized carbons (Fsp3) is 0.150. The quantitative estimate of drug-likeness (QED) is 0.469. The predicted molar refractivity (Wildman–Crippen MR) is 112 cm³/mol. The number of carboxylic acids is 1. The number of carbonyl (C=O) groups excluding carboxylic acids is 1. The van der Waals surface area contributed by atoms with E-state index in [1.165, 1.54) is 31.7 Å². The molecule has 31 heavy (non-hydrogen) atoms. The molecule has 11 heteroatoms. The van der Waals surface area contributed by atoms with Gasteiger partial charge in [-0.15, -0.1) is 11.3 Å². The molecule has 0 unspecified atom stereocenters. The van der Waals surface area contributed by atoms with Crippen molar-refractivity contribution in [1.29, 1.82) is 0 Å². The summed E-state index contributed by atoms with van der Waals surface area (Å²) in [5.74, 6) is -0.383. The first-order valence-corrected chi connectivity index (χ1v) is 9.70. The molecule has 9 nitrogen and oxygen atoms in total. The summed E-state index contributed by atoms with van der Waals surface area (Å²) < 4.78 is 30.2.